The van der Waals surface area contributed by atoms with Gasteiger partial charge in [0.05, 0.1) is 19.0 Å². The summed E-state index contributed by atoms with van der Waals surface area (Å²) in [5.74, 6) is 0.322. The van der Waals surface area contributed by atoms with Crippen molar-refractivity contribution in [3.05, 3.63) is 12.7 Å². The molecule has 1 aliphatic heterocycles. The minimum atomic E-state index is -3.57. The highest BCUT2D eigenvalue weighted by atomic mass is 32.7. The molecule has 22 heavy (non-hydrogen) atoms. The van der Waals surface area contributed by atoms with E-state index in [1.54, 1.807) is 10.9 Å². The molecule has 9 nitrogen and oxygen atoms in total. The Bertz CT molecular complexity index is 726. The largest absolute Gasteiger partial charge is 0.386 e. The van der Waals surface area contributed by atoms with E-state index in [9.17, 15) is 9.46 Å². The lowest BCUT2D eigenvalue weighted by molar-refractivity contribution is -0.0166. The number of nitrogens with two attached hydrogens (primary N) is 1. The van der Waals surface area contributed by atoms with Crippen LogP contribution in [0.25, 0.3) is 11.2 Å². The average molecular weight is 345 g/mol. The third-order valence-corrected chi connectivity index (χ3v) is 6.07. The summed E-state index contributed by atoms with van der Waals surface area (Å²) in [6, 6.07) is 0. The van der Waals surface area contributed by atoms with Gasteiger partial charge in [-0.25, -0.2) is 19.5 Å². The van der Waals surface area contributed by atoms with Crippen molar-refractivity contribution in [2.75, 3.05) is 18.6 Å². The number of imidazole rings is 1. The predicted octanol–water partition coefficient (Wildman–Crippen LogP) is 1.57. The summed E-state index contributed by atoms with van der Waals surface area (Å²) in [6.07, 6.45) is 5.49. The van der Waals surface area contributed by atoms with Crippen molar-refractivity contribution in [3.8, 4) is 0 Å². The maximum absolute atomic E-state index is 11.5. The van der Waals surface area contributed by atoms with Crippen LogP contribution in [0.4, 0.5) is 5.82 Å². The summed E-state index contributed by atoms with van der Waals surface area (Å²) in [7, 11) is 0. The Labute approximate surface area is 130 Å². The molecule has 0 radical (unpaired) electrons. The fourth-order valence-electron chi connectivity index (χ4n) is 2.32. The van der Waals surface area contributed by atoms with Crippen LogP contribution in [0.3, 0.4) is 0 Å². The number of aromatic nitrogens is 4. The summed E-state index contributed by atoms with van der Waals surface area (Å²) < 4.78 is 24.1. The predicted molar refractivity (Wildman–Crippen MR) is 82.2 cm³/mol. The highest BCUT2D eigenvalue weighted by molar-refractivity contribution is 8.54. The van der Waals surface area contributed by atoms with Crippen molar-refractivity contribution in [2.45, 2.75) is 25.2 Å². The third-order valence-electron chi connectivity index (χ3n) is 3.44. The van der Waals surface area contributed by atoms with Gasteiger partial charge in [0.15, 0.2) is 11.5 Å². The van der Waals surface area contributed by atoms with Crippen molar-refractivity contribution in [2.24, 2.45) is 0 Å². The molecule has 0 bridgehead atoms. The summed E-state index contributed by atoms with van der Waals surface area (Å²) in [6.45, 7) is -3.49. The van der Waals surface area contributed by atoms with Crippen LogP contribution < -0.4 is 5.73 Å². The standard InChI is InChI=1S/C11H16N5O4PS/c1-22-21(17,18)19-4-7-2-3-8(20-7)16-6-15-9-10(12)13-5-14-11(9)16/h5-8H,2-4H2,1H3,(H,17,18)(H2,12,13,14). The first-order chi connectivity index (χ1) is 10.5. The Morgan fingerprint density at radius 1 is 1.55 bits per heavy atom. The van der Waals surface area contributed by atoms with E-state index < -0.39 is 6.80 Å². The van der Waals surface area contributed by atoms with Crippen molar-refractivity contribution in [3.63, 3.8) is 0 Å². The Morgan fingerprint density at radius 3 is 3.14 bits per heavy atom. The van der Waals surface area contributed by atoms with Gasteiger partial charge in [-0.05, 0) is 30.5 Å². The molecule has 0 aliphatic carbocycles. The Morgan fingerprint density at radius 2 is 2.36 bits per heavy atom. The first-order valence-electron chi connectivity index (χ1n) is 6.61. The first-order valence-corrected chi connectivity index (χ1v) is 10.0. The molecular formula is C11H16N5O4PS. The number of hydrogen-bond donors (Lipinski definition) is 2. The Hall–Kier alpha value is -1.19. The first kappa shape index (κ1) is 15.7. The molecular weight excluding hydrogens is 329 g/mol. The molecule has 120 valence electrons. The Kier molecular flexibility index (Phi) is 4.37. The van der Waals surface area contributed by atoms with Crippen molar-refractivity contribution >= 4 is 35.2 Å². The molecule has 3 atom stereocenters. The molecule has 3 unspecified atom stereocenters. The zero-order valence-corrected chi connectivity index (χ0v) is 13.5. The summed E-state index contributed by atoms with van der Waals surface area (Å²) >= 11 is 0.800. The zero-order chi connectivity index (χ0) is 15.7. The van der Waals surface area contributed by atoms with Crippen molar-refractivity contribution in [1.82, 2.24) is 19.5 Å². The molecule has 3 N–H and O–H groups in total. The number of hydrogen-bond acceptors (Lipinski definition) is 8. The van der Waals surface area contributed by atoms with Gasteiger partial charge in [-0.3, -0.25) is 9.09 Å². The van der Waals surface area contributed by atoms with Gasteiger partial charge in [0.2, 0.25) is 0 Å². The number of nitrogens with zero attached hydrogens (tertiary/aromatic N) is 4. The van der Waals surface area contributed by atoms with E-state index in [0.717, 1.165) is 24.2 Å². The van der Waals surface area contributed by atoms with Crippen LogP contribution in [0, 0.1) is 0 Å². The molecule has 0 amide bonds. The SMILES string of the molecule is CSP(=O)(O)OCC1CCC(n2cnc3c(N)ncnc32)O1. The number of rotatable bonds is 5. The minimum Gasteiger partial charge on any atom is -0.382 e. The Balaban J connectivity index is 1.69. The van der Waals surface area contributed by atoms with Gasteiger partial charge in [0, 0.05) is 0 Å². The van der Waals surface area contributed by atoms with Gasteiger partial charge in [0.25, 0.3) is 0 Å². The van der Waals surface area contributed by atoms with Gasteiger partial charge in [-0.2, -0.15) is 0 Å². The molecule has 0 saturated carbocycles. The van der Waals surface area contributed by atoms with Crippen molar-refractivity contribution in [1.29, 1.82) is 0 Å². The molecule has 3 heterocycles. The van der Waals surface area contributed by atoms with Gasteiger partial charge >= 0.3 is 6.80 Å². The number of nitrogen functional groups attached to an aromatic ring is 1. The van der Waals surface area contributed by atoms with E-state index in [2.05, 4.69) is 15.0 Å². The molecule has 2 aromatic rings. The molecule has 1 aliphatic rings. The summed E-state index contributed by atoms with van der Waals surface area (Å²) in [5.41, 5.74) is 6.90. The highest BCUT2D eigenvalue weighted by Gasteiger charge is 2.30. The van der Waals surface area contributed by atoms with Gasteiger partial charge in [-0.15, -0.1) is 0 Å². The fraction of sp³-hybridized carbons (Fsp3) is 0.545. The maximum Gasteiger partial charge on any atom is 0.386 e. The minimum absolute atomic E-state index is 0.0782. The van der Waals surface area contributed by atoms with Crippen LogP contribution in [-0.2, 0) is 13.8 Å². The zero-order valence-electron chi connectivity index (χ0n) is 11.8. The molecule has 11 heteroatoms. The van der Waals surface area contributed by atoms with Crippen LogP contribution in [0.5, 0.6) is 0 Å². The molecule has 0 aromatic carbocycles. The van der Waals surface area contributed by atoms with Crippen LogP contribution in [0.2, 0.25) is 0 Å². The molecule has 0 spiro atoms. The number of ether oxygens (including phenoxy) is 1. The maximum atomic E-state index is 11.5. The number of fused-ring (bicyclic) bond motifs is 1. The second-order valence-corrected chi connectivity index (χ2v) is 8.86. The second kappa shape index (κ2) is 6.13. The second-order valence-electron chi connectivity index (χ2n) is 4.82. The van der Waals surface area contributed by atoms with E-state index >= 15 is 0 Å². The van der Waals surface area contributed by atoms with Gasteiger partial charge in [0.1, 0.15) is 18.1 Å². The lowest BCUT2D eigenvalue weighted by Gasteiger charge is -2.16. The van der Waals surface area contributed by atoms with E-state index in [1.165, 1.54) is 12.6 Å². The molecule has 1 saturated heterocycles. The average Bonchev–Trinajstić information content (AvgIpc) is 3.12. The lowest BCUT2D eigenvalue weighted by Crippen LogP contribution is -2.15. The van der Waals surface area contributed by atoms with Gasteiger partial charge < -0.3 is 15.4 Å². The van der Waals surface area contributed by atoms with Crippen LogP contribution >= 0.6 is 18.2 Å². The lowest BCUT2D eigenvalue weighted by atomic mass is 10.2. The third kappa shape index (κ3) is 3.11. The van der Waals surface area contributed by atoms with Crippen molar-refractivity contribution < 1.29 is 18.7 Å². The summed E-state index contributed by atoms with van der Waals surface area (Å²) in [5, 5.41) is 0. The van der Waals surface area contributed by atoms with E-state index in [1.807, 2.05) is 0 Å². The van der Waals surface area contributed by atoms with E-state index in [4.69, 9.17) is 15.0 Å². The summed E-state index contributed by atoms with van der Waals surface area (Å²) in [4.78, 5) is 21.7. The smallest absolute Gasteiger partial charge is 0.382 e. The quantitative estimate of drug-likeness (QED) is 0.776. The van der Waals surface area contributed by atoms with Gasteiger partial charge in [-0.1, -0.05) is 0 Å². The normalized spacial score (nSPS) is 24.6. The fourth-order valence-corrected chi connectivity index (χ4v) is 3.28. The van der Waals surface area contributed by atoms with Crippen LogP contribution in [0.15, 0.2) is 12.7 Å². The van der Waals surface area contributed by atoms with E-state index in [0.29, 0.717) is 17.0 Å². The van der Waals surface area contributed by atoms with Crippen LogP contribution in [-0.4, -0.2) is 43.4 Å². The highest BCUT2D eigenvalue weighted by Crippen LogP contribution is 2.54. The molecule has 2 aromatic heterocycles. The molecule has 1 fully saturated rings. The van der Waals surface area contributed by atoms with E-state index in [-0.39, 0.29) is 18.9 Å². The molecule has 3 rings (SSSR count). The number of anilines is 1. The monoisotopic (exact) mass is 345 g/mol. The topological polar surface area (TPSA) is 125 Å². The van der Waals surface area contributed by atoms with Crippen LogP contribution in [0.1, 0.15) is 19.1 Å².